The van der Waals surface area contributed by atoms with Gasteiger partial charge in [-0.15, -0.1) is 5.10 Å². The number of nitrogens with one attached hydrogen (secondary N) is 2. The van der Waals surface area contributed by atoms with Gasteiger partial charge in [0.2, 0.25) is 5.91 Å². The standard InChI is InChI=1S/C23H33FN6O5/c1-23(2,3)35-22(33)25-10-11-30-14-18(27-28-30)13-29(4)15-20(31)26-19(12-21(32)34-5)16-6-8-17(24)9-7-16/h6-9,14,19H,10-13,15H2,1-5H3,(H,25,33)(H,26,31)/t19-/m1/s1. The van der Waals surface area contributed by atoms with E-state index in [0.29, 0.717) is 30.9 Å². The summed E-state index contributed by atoms with van der Waals surface area (Å²) >= 11 is 0. The van der Waals surface area contributed by atoms with Crippen molar-refractivity contribution in [3.63, 3.8) is 0 Å². The molecular formula is C23H33FN6O5. The summed E-state index contributed by atoms with van der Waals surface area (Å²) in [5.41, 5.74) is 0.664. The van der Waals surface area contributed by atoms with Gasteiger partial charge < -0.3 is 20.1 Å². The second-order valence-electron chi connectivity index (χ2n) is 9.03. The molecule has 0 saturated heterocycles. The minimum absolute atomic E-state index is 0.0337. The third kappa shape index (κ3) is 10.5. The molecule has 0 bridgehead atoms. The maximum atomic E-state index is 13.3. The Morgan fingerprint density at radius 2 is 1.89 bits per heavy atom. The second kappa shape index (κ2) is 12.8. The largest absolute Gasteiger partial charge is 0.469 e. The summed E-state index contributed by atoms with van der Waals surface area (Å²) in [6, 6.07) is 4.92. The van der Waals surface area contributed by atoms with Crippen molar-refractivity contribution in [1.29, 1.82) is 0 Å². The Bertz CT molecular complexity index is 989. The molecule has 12 heteroatoms. The zero-order chi connectivity index (χ0) is 26.0. The molecule has 0 aliphatic heterocycles. The zero-order valence-corrected chi connectivity index (χ0v) is 20.7. The third-order valence-corrected chi connectivity index (χ3v) is 4.65. The zero-order valence-electron chi connectivity index (χ0n) is 20.7. The Morgan fingerprint density at radius 1 is 1.20 bits per heavy atom. The van der Waals surface area contributed by atoms with Gasteiger partial charge in [-0.25, -0.2) is 9.18 Å². The maximum Gasteiger partial charge on any atom is 0.407 e. The fraction of sp³-hybridized carbons (Fsp3) is 0.522. The number of alkyl carbamates (subject to hydrolysis) is 1. The highest BCUT2D eigenvalue weighted by Crippen LogP contribution is 2.18. The Morgan fingerprint density at radius 3 is 2.51 bits per heavy atom. The number of halogens is 1. The number of methoxy groups -OCH3 is 1. The van der Waals surface area contributed by atoms with E-state index < -0.39 is 29.5 Å². The van der Waals surface area contributed by atoms with Crippen LogP contribution in [-0.2, 0) is 32.2 Å². The second-order valence-corrected chi connectivity index (χ2v) is 9.03. The van der Waals surface area contributed by atoms with Crippen LogP contribution in [0.15, 0.2) is 30.5 Å². The van der Waals surface area contributed by atoms with Crippen LogP contribution in [0, 0.1) is 5.82 Å². The summed E-state index contributed by atoms with van der Waals surface area (Å²) < 4.78 is 24.7. The van der Waals surface area contributed by atoms with Crippen molar-refractivity contribution in [1.82, 2.24) is 30.5 Å². The first-order valence-corrected chi connectivity index (χ1v) is 11.1. The summed E-state index contributed by atoms with van der Waals surface area (Å²) in [5, 5.41) is 13.6. The number of rotatable bonds is 11. The van der Waals surface area contributed by atoms with Crippen LogP contribution in [0.5, 0.6) is 0 Å². The SMILES string of the molecule is COC(=O)C[C@@H](NC(=O)CN(C)Cc1cn(CCNC(=O)OC(C)(C)C)nn1)c1ccc(F)cc1. The summed E-state index contributed by atoms with van der Waals surface area (Å²) in [5.74, 6) is -1.23. The van der Waals surface area contributed by atoms with Crippen molar-refractivity contribution in [2.45, 2.75) is 51.9 Å². The molecule has 0 saturated carbocycles. The molecule has 2 N–H and O–H groups in total. The summed E-state index contributed by atoms with van der Waals surface area (Å²) in [7, 11) is 3.01. The van der Waals surface area contributed by atoms with Gasteiger partial charge in [0.1, 0.15) is 11.4 Å². The Kier molecular flexibility index (Phi) is 10.1. The van der Waals surface area contributed by atoms with Gasteiger partial charge in [0.25, 0.3) is 0 Å². The van der Waals surface area contributed by atoms with Crippen LogP contribution in [0.1, 0.15) is 44.5 Å². The lowest BCUT2D eigenvalue weighted by molar-refractivity contribution is -0.141. The molecule has 11 nitrogen and oxygen atoms in total. The van der Waals surface area contributed by atoms with Crippen LogP contribution in [0.25, 0.3) is 0 Å². The minimum Gasteiger partial charge on any atom is -0.469 e. The predicted molar refractivity (Wildman–Crippen MR) is 125 cm³/mol. The monoisotopic (exact) mass is 492 g/mol. The quantitative estimate of drug-likeness (QED) is 0.455. The van der Waals surface area contributed by atoms with Crippen LogP contribution >= 0.6 is 0 Å². The third-order valence-electron chi connectivity index (χ3n) is 4.65. The number of nitrogens with zero attached hydrogens (tertiary/aromatic N) is 4. The first-order valence-electron chi connectivity index (χ1n) is 11.1. The molecule has 192 valence electrons. The van der Waals surface area contributed by atoms with E-state index in [1.165, 1.54) is 31.4 Å². The van der Waals surface area contributed by atoms with E-state index in [2.05, 4.69) is 20.9 Å². The number of hydrogen-bond donors (Lipinski definition) is 2. The van der Waals surface area contributed by atoms with Crippen LogP contribution < -0.4 is 10.6 Å². The van der Waals surface area contributed by atoms with Gasteiger partial charge in [0, 0.05) is 19.3 Å². The number of hydrogen-bond acceptors (Lipinski definition) is 8. The molecule has 0 unspecified atom stereocenters. The molecule has 2 rings (SSSR count). The summed E-state index contributed by atoms with van der Waals surface area (Å²) in [6.07, 6.45) is 1.14. The summed E-state index contributed by atoms with van der Waals surface area (Å²) in [4.78, 5) is 37.8. The van der Waals surface area contributed by atoms with Crippen molar-refractivity contribution in [2.75, 3.05) is 27.2 Å². The normalized spacial score (nSPS) is 12.2. The van der Waals surface area contributed by atoms with E-state index in [-0.39, 0.29) is 18.9 Å². The molecule has 1 aromatic carbocycles. The average Bonchev–Trinajstić information content (AvgIpc) is 3.19. The number of carbonyl (C=O) groups excluding carboxylic acids is 3. The van der Waals surface area contributed by atoms with E-state index >= 15 is 0 Å². The molecule has 1 aromatic heterocycles. The van der Waals surface area contributed by atoms with Gasteiger partial charge in [0.15, 0.2) is 0 Å². The van der Waals surface area contributed by atoms with Gasteiger partial charge in [-0.2, -0.15) is 0 Å². The number of esters is 1. The van der Waals surface area contributed by atoms with Crippen LogP contribution in [0.3, 0.4) is 0 Å². The molecule has 2 amide bonds. The minimum atomic E-state index is -0.651. The Labute approximate surface area is 203 Å². The van der Waals surface area contributed by atoms with Gasteiger partial charge >= 0.3 is 12.1 Å². The lowest BCUT2D eigenvalue weighted by Crippen LogP contribution is -2.38. The topological polar surface area (TPSA) is 128 Å². The number of ether oxygens (including phenoxy) is 2. The molecule has 1 heterocycles. The van der Waals surface area contributed by atoms with Gasteiger partial charge in [-0.05, 0) is 45.5 Å². The maximum absolute atomic E-state index is 13.3. The lowest BCUT2D eigenvalue weighted by Gasteiger charge is -2.21. The molecule has 2 aromatic rings. The molecule has 0 spiro atoms. The van der Waals surface area contributed by atoms with E-state index in [9.17, 15) is 18.8 Å². The van der Waals surface area contributed by atoms with Gasteiger partial charge in [-0.1, -0.05) is 17.3 Å². The molecule has 35 heavy (non-hydrogen) atoms. The smallest absolute Gasteiger partial charge is 0.407 e. The highest BCUT2D eigenvalue weighted by atomic mass is 19.1. The fourth-order valence-corrected chi connectivity index (χ4v) is 3.12. The van der Waals surface area contributed by atoms with Gasteiger partial charge in [0.05, 0.1) is 38.4 Å². The van der Waals surface area contributed by atoms with Crippen LogP contribution in [0.2, 0.25) is 0 Å². The first-order chi connectivity index (χ1) is 16.4. The van der Waals surface area contributed by atoms with E-state index in [4.69, 9.17) is 9.47 Å². The van der Waals surface area contributed by atoms with Crippen LogP contribution in [-0.4, -0.2) is 70.7 Å². The van der Waals surface area contributed by atoms with Crippen molar-refractivity contribution < 1.29 is 28.2 Å². The Hall–Kier alpha value is -3.54. The molecule has 0 fully saturated rings. The molecule has 1 atom stereocenters. The van der Waals surface area contributed by atoms with Gasteiger partial charge in [-0.3, -0.25) is 19.2 Å². The molecule has 0 aliphatic rings. The molecule has 0 radical (unpaired) electrons. The predicted octanol–water partition coefficient (Wildman–Crippen LogP) is 1.79. The highest BCUT2D eigenvalue weighted by molar-refractivity contribution is 5.79. The number of carbonyl (C=O) groups is 3. The van der Waals surface area contributed by atoms with Crippen molar-refractivity contribution in [3.05, 3.63) is 47.5 Å². The van der Waals surface area contributed by atoms with E-state index in [1.54, 1.807) is 43.6 Å². The highest BCUT2D eigenvalue weighted by Gasteiger charge is 2.20. The number of amides is 2. The van der Waals surface area contributed by atoms with Crippen molar-refractivity contribution >= 4 is 18.0 Å². The number of benzene rings is 1. The van der Waals surface area contributed by atoms with Crippen molar-refractivity contribution in [2.24, 2.45) is 0 Å². The Balaban J connectivity index is 1.84. The molecule has 0 aliphatic carbocycles. The molecular weight excluding hydrogens is 459 g/mol. The fourth-order valence-electron chi connectivity index (χ4n) is 3.12. The number of aromatic nitrogens is 3. The lowest BCUT2D eigenvalue weighted by atomic mass is 10.0. The van der Waals surface area contributed by atoms with E-state index in [1.807, 2.05) is 0 Å². The average molecular weight is 493 g/mol. The van der Waals surface area contributed by atoms with E-state index in [0.717, 1.165) is 0 Å². The first kappa shape index (κ1) is 27.7. The van der Waals surface area contributed by atoms with Crippen LogP contribution in [0.4, 0.5) is 9.18 Å². The summed E-state index contributed by atoms with van der Waals surface area (Å²) in [6.45, 7) is 6.47. The number of likely N-dealkylation sites (N-methyl/N-ethyl adjacent to an activating group) is 1. The van der Waals surface area contributed by atoms with Crippen molar-refractivity contribution in [3.8, 4) is 0 Å².